The molecule has 2 fully saturated rings. The number of fused-ring (bicyclic) bond motifs is 1. The first kappa shape index (κ1) is 27.9. The zero-order valence-electron chi connectivity index (χ0n) is 22.1. The van der Waals surface area contributed by atoms with Crippen LogP contribution in [-0.2, 0) is 28.7 Å². The Kier molecular flexibility index (Phi) is 8.36. The van der Waals surface area contributed by atoms with E-state index < -0.39 is 59.3 Å². The third-order valence-electron chi connectivity index (χ3n) is 6.98. The maximum atomic E-state index is 13.8. The van der Waals surface area contributed by atoms with Crippen molar-refractivity contribution in [1.29, 1.82) is 5.26 Å². The van der Waals surface area contributed by atoms with E-state index in [4.69, 9.17) is 9.47 Å². The normalized spacial score (nSPS) is 22.0. The molecular weight excluding hydrogens is 542 g/mol. The highest BCUT2D eigenvalue weighted by atomic mass is 32.2. The fourth-order valence-corrected chi connectivity index (χ4v) is 6.48. The topological polar surface area (TPSA) is 126 Å². The molecule has 0 bridgehead atoms. The van der Waals surface area contributed by atoms with Crippen LogP contribution >= 0.6 is 11.8 Å². The van der Waals surface area contributed by atoms with Gasteiger partial charge in [0, 0.05) is 12.7 Å². The van der Waals surface area contributed by atoms with E-state index in [0.29, 0.717) is 5.56 Å². The first-order valence-corrected chi connectivity index (χ1v) is 14.1. The van der Waals surface area contributed by atoms with Crippen LogP contribution in [0.5, 0.6) is 0 Å². The van der Waals surface area contributed by atoms with Crippen LogP contribution in [0, 0.1) is 11.3 Å². The van der Waals surface area contributed by atoms with Crippen molar-refractivity contribution in [3.63, 3.8) is 0 Å². The van der Waals surface area contributed by atoms with Gasteiger partial charge < -0.3 is 19.7 Å². The summed E-state index contributed by atoms with van der Waals surface area (Å²) >= 11 is 1.29. The molecule has 2 amide bonds. The number of nitrogens with zero attached hydrogens (tertiary/aromatic N) is 2. The quantitative estimate of drug-likeness (QED) is 0.324. The molecule has 0 aromatic heterocycles. The molecule has 0 saturated carbocycles. The zero-order chi connectivity index (χ0) is 28.9. The van der Waals surface area contributed by atoms with E-state index >= 15 is 0 Å². The zero-order valence-corrected chi connectivity index (χ0v) is 22.9. The molecule has 2 aliphatic heterocycles. The minimum absolute atomic E-state index is 0.210. The van der Waals surface area contributed by atoms with Crippen molar-refractivity contribution in [2.45, 2.75) is 42.5 Å². The Hall–Kier alpha value is -4.62. The molecule has 3 aromatic rings. The van der Waals surface area contributed by atoms with Gasteiger partial charge in [-0.2, -0.15) is 5.26 Å². The predicted octanol–water partition coefficient (Wildman–Crippen LogP) is 3.33. The van der Waals surface area contributed by atoms with Crippen molar-refractivity contribution in [2.75, 3.05) is 5.75 Å². The van der Waals surface area contributed by atoms with Crippen LogP contribution in [-0.4, -0.2) is 58.0 Å². The molecule has 2 heterocycles. The smallest absolute Gasteiger partial charge is 0.333 e. The lowest BCUT2D eigenvalue weighted by atomic mass is 9.96. The Morgan fingerprint density at radius 3 is 1.98 bits per heavy atom. The Balaban J connectivity index is 1.38. The van der Waals surface area contributed by atoms with Crippen LogP contribution in [0.1, 0.15) is 35.6 Å². The summed E-state index contributed by atoms with van der Waals surface area (Å²) in [4.78, 5) is 53.5. The molecule has 0 aliphatic carbocycles. The molecule has 10 heteroatoms. The lowest BCUT2D eigenvalue weighted by molar-refractivity contribution is -0.178. The summed E-state index contributed by atoms with van der Waals surface area (Å²) in [5, 5.41) is 11.7. The van der Waals surface area contributed by atoms with Gasteiger partial charge in [-0.05, 0) is 16.7 Å². The number of carbonyl (C=O) groups excluding carboxylic acids is 4. The average Bonchev–Trinajstić information content (AvgIpc) is 3.00. The van der Waals surface area contributed by atoms with Crippen molar-refractivity contribution < 1.29 is 28.7 Å². The van der Waals surface area contributed by atoms with Gasteiger partial charge in [0.1, 0.15) is 23.4 Å². The highest BCUT2D eigenvalue weighted by molar-refractivity contribution is 8.00. The maximum absolute atomic E-state index is 13.8. The molecular formula is C31H27N3O6S. The second-order valence-corrected chi connectivity index (χ2v) is 10.8. The van der Waals surface area contributed by atoms with Gasteiger partial charge in [0.2, 0.25) is 11.8 Å². The molecule has 2 saturated heterocycles. The van der Waals surface area contributed by atoms with E-state index in [1.807, 2.05) is 66.7 Å². The predicted molar refractivity (Wildman–Crippen MR) is 150 cm³/mol. The number of benzene rings is 3. The second-order valence-electron chi connectivity index (χ2n) is 9.66. The molecule has 2 aliphatic rings. The monoisotopic (exact) mass is 569 g/mol. The molecule has 41 heavy (non-hydrogen) atoms. The number of amides is 2. The third kappa shape index (κ3) is 5.81. The lowest BCUT2D eigenvalue weighted by Crippen LogP contribution is -2.77. The van der Waals surface area contributed by atoms with Gasteiger partial charge in [0.05, 0.1) is 6.07 Å². The van der Waals surface area contributed by atoms with Crippen molar-refractivity contribution >= 4 is 35.5 Å². The van der Waals surface area contributed by atoms with E-state index in [1.54, 1.807) is 30.3 Å². The fourth-order valence-electron chi connectivity index (χ4n) is 5.07. The summed E-state index contributed by atoms with van der Waals surface area (Å²) in [6.07, 6.45) is -1.70. The van der Waals surface area contributed by atoms with E-state index in [2.05, 4.69) is 5.32 Å². The highest BCUT2D eigenvalue weighted by Crippen LogP contribution is 2.41. The number of thioether (sulfide) groups is 1. The van der Waals surface area contributed by atoms with Crippen molar-refractivity contribution in [3.05, 3.63) is 108 Å². The number of esters is 2. The largest absolute Gasteiger partial charge is 0.459 e. The molecule has 5 atom stereocenters. The van der Waals surface area contributed by atoms with Gasteiger partial charge in [-0.25, -0.2) is 4.79 Å². The van der Waals surface area contributed by atoms with Crippen molar-refractivity contribution in [2.24, 2.45) is 0 Å². The molecule has 208 valence electrons. The third-order valence-corrected chi connectivity index (χ3v) is 8.34. The van der Waals surface area contributed by atoms with E-state index in [-0.39, 0.29) is 5.75 Å². The molecule has 2 unspecified atom stereocenters. The molecule has 9 nitrogen and oxygen atoms in total. The number of nitrogens with one attached hydrogen (secondary N) is 1. The number of nitriles is 1. The minimum Gasteiger partial charge on any atom is -0.459 e. The van der Waals surface area contributed by atoms with Crippen LogP contribution in [0.4, 0.5) is 0 Å². The molecule has 0 spiro atoms. The molecule has 3 aromatic carbocycles. The number of carbonyl (C=O) groups is 4. The number of hydrogen-bond acceptors (Lipinski definition) is 8. The van der Waals surface area contributed by atoms with Crippen LogP contribution in [0.25, 0.3) is 0 Å². The van der Waals surface area contributed by atoms with Crippen molar-refractivity contribution in [3.8, 4) is 6.07 Å². The number of ether oxygens (including phenoxy) is 2. The van der Waals surface area contributed by atoms with E-state index in [0.717, 1.165) is 11.1 Å². The van der Waals surface area contributed by atoms with Gasteiger partial charge in [0.15, 0.2) is 12.1 Å². The first-order valence-electron chi connectivity index (χ1n) is 13.1. The maximum Gasteiger partial charge on any atom is 0.333 e. The van der Waals surface area contributed by atoms with Gasteiger partial charge in [0.25, 0.3) is 0 Å². The Morgan fingerprint density at radius 2 is 1.46 bits per heavy atom. The van der Waals surface area contributed by atoms with Gasteiger partial charge in [-0.1, -0.05) is 91.0 Å². The van der Waals surface area contributed by atoms with Crippen LogP contribution in [0.3, 0.4) is 0 Å². The summed E-state index contributed by atoms with van der Waals surface area (Å²) in [7, 11) is 0. The van der Waals surface area contributed by atoms with Crippen LogP contribution in [0.15, 0.2) is 91.0 Å². The SMILES string of the molecule is CC(=O)OC1CS[C@H]2[C@H](NC(=O)C(C#N)c3ccccc3)C(=O)N2[C@H]1C(=O)OC(c1ccccc1)c1ccccc1. The summed E-state index contributed by atoms with van der Waals surface area (Å²) < 4.78 is 11.5. The Labute approximate surface area is 241 Å². The van der Waals surface area contributed by atoms with Crippen LogP contribution < -0.4 is 5.32 Å². The van der Waals surface area contributed by atoms with E-state index in [9.17, 15) is 24.4 Å². The molecule has 5 rings (SSSR count). The summed E-state index contributed by atoms with van der Waals surface area (Å²) in [5.41, 5.74) is 1.99. The number of hydrogen-bond donors (Lipinski definition) is 1. The second kappa shape index (κ2) is 12.3. The standard InChI is InChI=1S/C31H27N3O6S/c1-19(35)39-24-18-41-30-25(33-28(36)23(17-32)20-11-5-2-6-12-20)29(37)34(30)26(24)31(38)40-27(21-13-7-3-8-14-21)22-15-9-4-10-16-22/h2-16,23-27,30H,18H2,1H3,(H,33,36)/t23?,24?,25-,26-,30+/m1/s1. The summed E-state index contributed by atoms with van der Waals surface area (Å²) in [6, 6.07) is 26.8. The van der Waals surface area contributed by atoms with E-state index in [1.165, 1.54) is 23.6 Å². The minimum atomic E-state index is -1.21. The fraction of sp³-hybridized carbons (Fsp3) is 0.258. The molecule has 0 radical (unpaired) electrons. The van der Waals surface area contributed by atoms with Gasteiger partial charge >= 0.3 is 11.9 Å². The Morgan fingerprint density at radius 1 is 0.927 bits per heavy atom. The van der Waals surface area contributed by atoms with Gasteiger partial charge in [-0.15, -0.1) is 11.8 Å². The highest BCUT2D eigenvalue weighted by Gasteiger charge is 2.59. The summed E-state index contributed by atoms with van der Waals surface area (Å²) in [6.45, 7) is 1.24. The Bertz CT molecular complexity index is 1420. The average molecular weight is 570 g/mol. The van der Waals surface area contributed by atoms with Gasteiger partial charge in [-0.3, -0.25) is 14.4 Å². The first-order chi connectivity index (χ1) is 19.9. The van der Waals surface area contributed by atoms with Crippen molar-refractivity contribution in [1.82, 2.24) is 10.2 Å². The lowest BCUT2D eigenvalue weighted by Gasteiger charge is -2.54. The number of β-lactam (4-membered cyclic amide) rings is 1. The molecule has 1 N–H and O–H groups in total. The number of rotatable bonds is 8. The van der Waals surface area contributed by atoms with Crippen LogP contribution in [0.2, 0.25) is 0 Å². The summed E-state index contributed by atoms with van der Waals surface area (Å²) in [5.74, 6) is -3.33.